The summed E-state index contributed by atoms with van der Waals surface area (Å²) in [6.07, 6.45) is -7.27. The van der Waals surface area contributed by atoms with Crippen LogP contribution in [0, 0.1) is 0 Å². The van der Waals surface area contributed by atoms with Crippen LogP contribution in [0.1, 0.15) is 31.4 Å². The number of nitrogens with zero attached hydrogens (tertiary/aromatic N) is 3. The van der Waals surface area contributed by atoms with Crippen molar-refractivity contribution < 1.29 is 41.0 Å². The largest absolute Gasteiger partial charge is 0.484 e. The lowest BCUT2D eigenvalue weighted by Gasteiger charge is -2.36. The van der Waals surface area contributed by atoms with Crippen LogP contribution in [-0.2, 0) is 4.79 Å². The molecular formula is C20H21F6N3O3. The highest BCUT2D eigenvalue weighted by Gasteiger charge is 2.57. The fraction of sp³-hybridized carbons (Fsp3) is 0.500. The van der Waals surface area contributed by atoms with Gasteiger partial charge in [-0.05, 0) is 50.1 Å². The molecule has 6 nitrogen and oxygen atoms in total. The van der Waals surface area contributed by atoms with Crippen molar-refractivity contribution in [3.05, 3.63) is 42.2 Å². The second kappa shape index (κ2) is 8.64. The van der Waals surface area contributed by atoms with Crippen LogP contribution in [0.2, 0.25) is 0 Å². The van der Waals surface area contributed by atoms with E-state index in [2.05, 4.69) is 9.84 Å². The zero-order chi connectivity index (χ0) is 23.7. The minimum absolute atomic E-state index is 0.0329. The second-order valence-electron chi connectivity index (χ2n) is 7.70. The number of rotatable bonds is 5. The van der Waals surface area contributed by atoms with Gasteiger partial charge in [-0.3, -0.25) is 4.79 Å². The Kier molecular flexibility index (Phi) is 6.45. The van der Waals surface area contributed by atoms with E-state index in [1.54, 1.807) is 22.9 Å². The quantitative estimate of drug-likeness (QED) is 0.682. The molecule has 1 aliphatic heterocycles. The van der Waals surface area contributed by atoms with Crippen LogP contribution >= 0.6 is 0 Å². The number of carbonyl (C=O) groups is 1. The highest BCUT2D eigenvalue weighted by atomic mass is 19.4. The first-order valence-electron chi connectivity index (χ1n) is 9.72. The number of piperidine rings is 1. The first kappa shape index (κ1) is 23.9. The van der Waals surface area contributed by atoms with Gasteiger partial charge in [0.1, 0.15) is 5.75 Å². The van der Waals surface area contributed by atoms with Crippen LogP contribution in [0.25, 0.3) is 5.69 Å². The Morgan fingerprint density at radius 2 is 1.69 bits per heavy atom. The van der Waals surface area contributed by atoms with E-state index >= 15 is 0 Å². The Bertz CT molecular complexity index is 929. The Labute approximate surface area is 179 Å². The number of hydrogen-bond donors (Lipinski definition) is 1. The summed E-state index contributed by atoms with van der Waals surface area (Å²) in [5.41, 5.74) is -2.12. The third kappa shape index (κ3) is 5.17. The normalized spacial score (nSPS) is 17.8. The molecule has 32 heavy (non-hydrogen) atoms. The van der Waals surface area contributed by atoms with E-state index in [-0.39, 0.29) is 24.8 Å². The molecule has 1 aromatic carbocycles. The van der Waals surface area contributed by atoms with Crippen molar-refractivity contribution in [1.29, 1.82) is 0 Å². The van der Waals surface area contributed by atoms with E-state index in [0.29, 0.717) is 25.5 Å². The molecule has 0 aliphatic carbocycles. The predicted molar refractivity (Wildman–Crippen MR) is 100 cm³/mol. The van der Waals surface area contributed by atoms with Gasteiger partial charge in [0.05, 0.1) is 5.69 Å². The first-order chi connectivity index (χ1) is 14.8. The van der Waals surface area contributed by atoms with E-state index in [4.69, 9.17) is 0 Å². The number of aromatic nitrogens is 2. The SMILES string of the molecule is C[C@@](O)(C(=O)N1CCC(c2ccnn2-c2ccc(OCC(F)(F)F)cc2)CC1)C(F)(F)F. The highest BCUT2D eigenvalue weighted by molar-refractivity contribution is 5.85. The fourth-order valence-electron chi connectivity index (χ4n) is 3.49. The third-order valence-corrected chi connectivity index (χ3v) is 5.32. The summed E-state index contributed by atoms with van der Waals surface area (Å²) in [5, 5.41) is 13.8. The molecule has 1 amide bonds. The molecule has 176 valence electrons. The Morgan fingerprint density at radius 3 is 2.22 bits per heavy atom. The van der Waals surface area contributed by atoms with E-state index < -0.39 is 30.5 Å². The number of hydrogen-bond acceptors (Lipinski definition) is 4. The standard InChI is InChI=1S/C20H21F6N3O3/c1-18(31,20(24,25)26)17(30)28-10-7-13(8-11-28)16-6-9-27-29(16)14-2-4-15(5-3-14)32-12-19(21,22)23/h2-6,9,13,31H,7-8,10-12H2,1H3/t18-/m1/s1. The Balaban J connectivity index is 1.66. The van der Waals surface area contributed by atoms with E-state index in [9.17, 15) is 36.2 Å². The third-order valence-electron chi connectivity index (χ3n) is 5.32. The van der Waals surface area contributed by atoms with Gasteiger partial charge in [-0.1, -0.05) is 0 Å². The van der Waals surface area contributed by atoms with E-state index in [0.717, 1.165) is 10.6 Å². The van der Waals surface area contributed by atoms with Gasteiger partial charge in [-0.25, -0.2) is 4.68 Å². The molecule has 0 unspecified atom stereocenters. The Hall–Kier alpha value is -2.76. The molecule has 1 saturated heterocycles. The summed E-state index contributed by atoms with van der Waals surface area (Å²) in [6, 6.07) is 7.59. The number of ether oxygens (including phenoxy) is 1. The lowest BCUT2D eigenvalue weighted by atomic mass is 9.92. The topological polar surface area (TPSA) is 67.6 Å². The number of amides is 1. The van der Waals surface area contributed by atoms with Gasteiger partial charge in [-0.15, -0.1) is 0 Å². The highest BCUT2D eigenvalue weighted by Crippen LogP contribution is 2.35. The summed E-state index contributed by atoms with van der Waals surface area (Å²) in [6.45, 7) is -0.896. The molecule has 2 heterocycles. The minimum atomic E-state index is -5.07. The molecule has 1 aromatic heterocycles. The molecule has 1 aliphatic rings. The number of alkyl halides is 6. The molecule has 1 N–H and O–H groups in total. The van der Waals surface area contributed by atoms with Crippen molar-refractivity contribution in [2.45, 2.75) is 43.6 Å². The van der Waals surface area contributed by atoms with Crippen LogP contribution in [-0.4, -0.2) is 63.3 Å². The number of benzene rings is 1. The smallest absolute Gasteiger partial charge is 0.426 e. The van der Waals surface area contributed by atoms with Gasteiger partial charge in [0.15, 0.2) is 6.61 Å². The monoisotopic (exact) mass is 465 g/mol. The lowest BCUT2D eigenvalue weighted by molar-refractivity contribution is -0.250. The van der Waals surface area contributed by atoms with Crippen molar-refractivity contribution >= 4 is 5.91 Å². The average Bonchev–Trinajstić information content (AvgIpc) is 3.20. The molecule has 1 fully saturated rings. The molecular weight excluding hydrogens is 444 g/mol. The maximum absolute atomic E-state index is 12.9. The maximum atomic E-state index is 12.9. The van der Waals surface area contributed by atoms with Crippen LogP contribution in [0.15, 0.2) is 36.5 Å². The summed E-state index contributed by atoms with van der Waals surface area (Å²) in [7, 11) is 0. The second-order valence-corrected chi connectivity index (χ2v) is 7.70. The minimum Gasteiger partial charge on any atom is -0.484 e. The van der Waals surface area contributed by atoms with E-state index in [1.807, 2.05) is 0 Å². The zero-order valence-electron chi connectivity index (χ0n) is 17.0. The first-order valence-corrected chi connectivity index (χ1v) is 9.72. The fourth-order valence-corrected chi connectivity index (χ4v) is 3.49. The van der Waals surface area contributed by atoms with Gasteiger partial charge in [0.2, 0.25) is 5.60 Å². The van der Waals surface area contributed by atoms with Crippen LogP contribution in [0.3, 0.4) is 0 Å². The van der Waals surface area contributed by atoms with Crippen molar-refractivity contribution in [3.8, 4) is 11.4 Å². The molecule has 2 aromatic rings. The molecule has 0 saturated carbocycles. The van der Waals surface area contributed by atoms with Crippen molar-refractivity contribution in [2.24, 2.45) is 0 Å². The van der Waals surface area contributed by atoms with Crippen LogP contribution in [0.5, 0.6) is 5.75 Å². The summed E-state index contributed by atoms with van der Waals surface area (Å²) >= 11 is 0. The maximum Gasteiger partial charge on any atom is 0.426 e. The summed E-state index contributed by atoms with van der Waals surface area (Å²) in [5.74, 6) is -1.45. The van der Waals surface area contributed by atoms with E-state index in [1.165, 1.54) is 18.3 Å². The average molecular weight is 465 g/mol. The number of likely N-dealkylation sites (tertiary alicyclic amines) is 1. The van der Waals surface area contributed by atoms with Gasteiger partial charge in [0.25, 0.3) is 5.91 Å². The molecule has 0 spiro atoms. The van der Waals surface area contributed by atoms with Gasteiger partial charge < -0.3 is 14.7 Å². The summed E-state index contributed by atoms with van der Waals surface area (Å²) in [4.78, 5) is 13.1. The lowest BCUT2D eigenvalue weighted by Crippen LogP contribution is -2.57. The van der Waals surface area contributed by atoms with Crippen LogP contribution < -0.4 is 4.74 Å². The molecule has 3 rings (SSSR count). The van der Waals surface area contributed by atoms with Crippen molar-refractivity contribution in [3.63, 3.8) is 0 Å². The number of halogens is 6. The molecule has 0 bridgehead atoms. The molecule has 1 atom stereocenters. The molecule has 12 heteroatoms. The number of aliphatic hydroxyl groups is 1. The summed E-state index contributed by atoms with van der Waals surface area (Å²) < 4.78 is 81.9. The number of carbonyl (C=O) groups excluding carboxylic acids is 1. The Morgan fingerprint density at radius 1 is 1.09 bits per heavy atom. The zero-order valence-corrected chi connectivity index (χ0v) is 17.0. The molecule has 0 radical (unpaired) electrons. The van der Waals surface area contributed by atoms with Crippen LogP contribution in [0.4, 0.5) is 26.3 Å². The van der Waals surface area contributed by atoms with Crippen molar-refractivity contribution in [2.75, 3.05) is 19.7 Å². The van der Waals surface area contributed by atoms with Gasteiger partial charge in [0, 0.05) is 30.9 Å². The van der Waals surface area contributed by atoms with Gasteiger partial charge in [-0.2, -0.15) is 31.4 Å². The van der Waals surface area contributed by atoms with Crippen molar-refractivity contribution in [1.82, 2.24) is 14.7 Å². The van der Waals surface area contributed by atoms with Gasteiger partial charge >= 0.3 is 12.4 Å². The predicted octanol–water partition coefficient (Wildman–Crippen LogP) is 3.83.